The standard InChI is InChI=1S/C4H5N.C4H4S.H2S/c2*1-2-4-5-3-1;/h1-5H;1-4H;1H2. The van der Waals surface area contributed by atoms with E-state index in [9.17, 15) is 0 Å². The Labute approximate surface area is 77.5 Å². The summed E-state index contributed by atoms with van der Waals surface area (Å²) in [7, 11) is 0. The summed E-state index contributed by atoms with van der Waals surface area (Å²) in [6, 6.07) is 7.93. The molecule has 0 bridgehead atoms. The minimum absolute atomic E-state index is 0. The molecule has 2 aromatic heterocycles. The van der Waals surface area contributed by atoms with Crippen molar-refractivity contribution in [3.63, 3.8) is 0 Å². The molecule has 0 unspecified atom stereocenters. The summed E-state index contributed by atoms with van der Waals surface area (Å²) < 4.78 is 0. The Hall–Kier alpha value is -0.670. The van der Waals surface area contributed by atoms with Gasteiger partial charge in [-0.05, 0) is 22.9 Å². The number of H-pyrrole nitrogens is 1. The Morgan fingerprint density at radius 1 is 0.818 bits per heavy atom. The molecule has 0 atom stereocenters. The first-order valence-corrected chi connectivity index (χ1v) is 3.99. The predicted octanol–water partition coefficient (Wildman–Crippen LogP) is 2.88. The van der Waals surface area contributed by atoms with Crippen molar-refractivity contribution in [2.24, 2.45) is 0 Å². The van der Waals surface area contributed by atoms with Gasteiger partial charge in [0.15, 0.2) is 0 Å². The average molecular weight is 185 g/mol. The Bertz CT molecular complexity index is 151. The van der Waals surface area contributed by atoms with Crippen LogP contribution >= 0.6 is 24.8 Å². The van der Waals surface area contributed by atoms with Gasteiger partial charge in [-0.2, -0.15) is 24.8 Å². The van der Waals surface area contributed by atoms with Gasteiger partial charge in [0.05, 0.1) is 0 Å². The lowest BCUT2D eigenvalue weighted by atomic mass is 10.7. The van der Waals surface area contributed by atoms with E-state index in [0.29, 0.717) is 0 Å². The second kappa shape index (κ2) is 7.44. The topological polar surface area (TPSA) is 15.8 Å². The summed E-state index contributed by atoms with van der Waals surface area (Å²) in [6.07, 6.45) is 3.75. The minimum atomic E-state index is 0. The number of aromatic amines is 1. The molecular formula is C8H11NS2. The van der Waals surface area contributed by atoms with Crippen molar-refractivity contribution < 1.29 is 0 Å². The summed E-state index contributed by atoms with van der Waals surface area (Å²) in [6.45, 7) is 0. The van der Waals surface area contributed by atoms with E-state index in [1.807, 2.05) is 47.4 Å². The molecule has 1 nitrogen and oxygen atoms in total. The van der Waals surface area contributed by atoms with Crippen LogP contribution in [0.4, 0.5) is 0 Å². The lowest BCUT2D eigenvalue weighted by Gasteiger charge is -1.49. The highest BCUT2D eigenvalue weighted by Gasteiger charge is 1.58. The number of hydrogen-bond donors (Lipinski definition) is 1. The van der Waals surface area contributed by atoms with E-state index in [1.54, 1.807) is 11.3 Å². The molecule has 0 spiro atoms. The lowest BCUT2D eigenvalue weighted by molar-refractivity contribution is 1.42. The predicted molar refractivity (Wildman–Crippen MR) is 55.5 cm³/mol. The van der Waals surface area contributed by atoms with Gasteiger partial charge in [0.1, 0.15) is 0 Å². The first-order valence-electron chi connectivity index (χ1n) is 3.05. The molecule has 0 aliphatic carbocycles. The van der Waals surface area contributed by atoms with Gasteiger partial charge in [-0.25, -0.2) is 0 Å². The van der Waals surface area contributed by atoms with E-state index in [2.05, 4.69) is 4.98 Å². The van der Waals surface area contributed by atoms with Crippen LogP contribution in [0.3, 0.4) is 0 Å². The van der Waals surface area contributed by atoms with Crippen LogP contribution in [0.5, 0.6) is 0 Å². The third-order valence-corrected chi connectivity index (χ3v) is 1.55. The Balaban J connectivity index is 0.000000167. The monoisotopic (exact) mass is 185 g/mol. The number of hydrogen-bond acceptors (Lipinski definition) is 1. The first-order chi connectivity index (χ1) is 5.00. The van der Waals surface area contributed by atoms with Crippen LogP contribution in [-0.2, 0) is 0 Å². The van der Waals surface area contributed by atoms with Crippen LogP contribution in [0.15, 0.2) is 47.4 Å². The molecule has 60 valence electrons. The van der Waals surface area contributed by atoms with Gasteiger partial charge in [-0.15, -0.1) is 0 Å². The van der Waals surface area contributed by atoms with Gasteiger partial charge in [0, 0.05) is 12.4 Å². The van der Waals surface area contributed by atoms with Crippen molar-refractivity contribution in [1.82, 2.24) is 4.98 Å². The van der Waals surface area contributed by atoms with Crippen LogP contribution in [0, 0.1) is 0 Å². The van der Waals surface area contributed by atoms with E-state index in [-0.39, 0.29) is 13.5 Å². The molecular weight excluding hydrogens is 174 g/mol. The number of rotatable bonds is 0. The lowest BCUT2D eigenvalue weighted by Crippen LogP contribution is -1.38. The minimum Gasteiger partial charge on any atom is -0.368 e. The SMILES string of the molecule is S.c1cc[nH]c1.c1ccsc1. The first kappa shape index (κ1) is 10.3. The molecule has 11 heavy (non-hydrogen) atoms. The second-order valence-corrected chi connectivity index (χ2v) is 2.49. The second-order valence-electron chi connectivity index (χ2n) is 1.68. The van der Waals surface area contributed by atoms with Gasteiger partial charge in [-0.1, -0.05) is 12.1 Å². The molecule has 3 heteroatoms. The van der Waals surface area contributed by atoms with Crippen molar-refractivity contribution in [1.29, 1.82) is 0 Å². The largest absolute Gasteiger partial charge is 0.368 e. The molecule has 0 radical (unpaired) electrons. The van der Waals surface area contributed by atoms with E-state index in [1.165, 1.54) is 0 Å². The molecule has 0 aromatic carbocycles. The molecule has 0 aliphatic heterocycles. The summed E-state index contributed by atoms with van der Waals surface area (Å²) in [5.74, 6) is 0. The molecule has 1 N–H and O–H groups in total. The van der Waals surface area contributed by atoms with Gasteiger partial charge in [0.2, 0.25) is 0 Å². The molecule has 0 amide bonds. The maximum atomic E-state index is 2.86. The van der Waals surface area contributed by atoms with Gasteiger partial charge in [0.25, 0.3) is 0 Å². The van der Waals surface area contributed by atoms with E-state index < -0.39 is 0 Å². The maximum Gasteiger partial charge on any atom is 0.000496 e. The van der Waals surface area contributed by atoms with Crippen molar-refractivity contribution >= 4 is 24.8 Å². The molecule has 2 rings (SSSR count). The zero-order valence-electron chi connectivity index (χ0n) is 6.03. The number of nitrogens with one attached hydrogen (secondary N) is 1. The molecule has 0 aliphatic rings. The maximum absolute atomic E-state index is 2.86. The molecule has 0 fully saturated rings. The van der Waals surface area contributed by atoms with Crippen LogP contribution in [0.25, 0.3) is 0 Å². The van der Waals surface area contributed by atoms with Gasteiger partial charge < -0.3 is 4.98 Å². The molecule has 2 aromatic rings. The third kappa shape index (κ3) is 5.76. The summed E-state index contributed by atoms with van der Waals surface area (Å²) in [5.41, 5.74) is 0. The molecule has 0 saturated heterocycles. The number of thiophene rings is 1. The fraction of sp³-hybridized carbons (Fsp3) is 0. The zero-order valence-corrected chi connectivity index (χ0v) is 7.84. The number of aromatic nitrogens is 1. The summed E-state index contributed by atoms with van der Waals surface area (Å²) in [4.78, 5) is 2.86. The normalized spacial score (nSPS) is 7.27. The van der Waals surface area contributed by atoms with Crippen LogP contribution in [-0.4, -0.2) is 4.98 Å². The summed E-state index contributed by atoms with van der Waals surface area (Å²) in [5, 5.41) is 4.08. The highest BCUT2D eigenvalue weighted by atomic mass is 32.1. The molecule has 2 heterocycles. The van der Waals surface area contributed by atoms with Crippen LogP contribution < -0.4 is 0 Å². The van der Waals surface area contributed by atoms with Crippen LogP contribution in [0.2, 0.25) is 0 Å². The van der Waals surface area contributed by atoms with Gasteiger partial charge >= 0.3 is 0 Å². The van der Waals surface area contributed by atoms with Crippen molar-refractivity contribution in [3.8, 4) is 0 Å². The van der Waals surface area contributed by atoms with Crippen molar-refractivity contribution in [2.45, 2.75) is 0 Å². The Morgan fingerprint density at radius 3 is 1.55 bits per heavy atom. The highest BCUT2D eigenvalue weighted by Crippen LogP contribution is 1.91. The van der Waals surface area contributed by atoms with Crippen molar-refractivity contribution in [3.05, 3.63) is 47.4 Å². The average Bonchev–Trinajstić information content (AvgIpc) is 2.67. The zero-order chi connectivity index (χ0) is 7.07. The smallest absolute Gasteiger partial charge is 0.000496 e. The quantitative estimate of drug-likeness (QED) is 0.649. The van der Waals surface area contributed by atoms with Crippen molar-refractivity contribution in [2.75, 3.05) is 0 Å². The van der Waals surface area contributed by atoms with E-state index in [4.69, 9.17) is 0 Å². The van der Waals surface area contributed by atoms with E-state index >= 15 is 0 Å². The molecule has 0 saturated carbocycles. The van der Waals surface area contributed by atoms with Crippen LogP contribution in [0.1, 0.15) is 0 Å². The Morgan fingerprint density at radius 2 is 1.36 bits per heavy atom. The fourth-order valence-electron chi connectivity index (χ4n) is 0.505. The van der Waals surface area contributed by atoms with Gasteiger partial charge in [-0.3, -0.25) is 0 Å². The fourth-order valence-corrected chi connectivity index (χ4v) is 0.958. The highest BCUT2D eigenvalue weighted by molar-refractivity contribution is 7.59. The third-order valence-electron chi connectivity index (χ3n) is 0.921. The summed E-state index contributed by atoms with van der Waals surface area (Å²) >= 11 is 1.71. The Kier molecular flexibility index (Phi) is 6.98. The van der Waals surface area contributed by atoms with E-state index in [0.717, 1.165) is 0 Å².